The Kier molecular flexibility index (Phi) is 5.25. The maximum atomic E-state index is 8.65. The standard InChI is InChI=1S/C10H9N.Ni/c1-2-9(8-11)10-6-4-3-5-7-10;/h3-7H,1-2H2;/q-2;+2. The minimum Gasteiger partial charge on any atom is -0.350 e. The van der Waals surface area contributed by atoms with Crippen molar-refractivity contribution in [1.82, 2.24) is 0 Å². The third-order valence-corrected chi connectivity index (χ3v) is 1.51. The van der Waals surface area contributed by atoms with Gasteiger partial charge in [-0.1, -0.05) is 6.07 Å². The van der Waals surface area contributed by atoms with Crippen molar-refractivity contribution in [3.05, 3.63) is 48.7 Å². The predicted molar refractivity (Wildman–Crippen MR) is 44.4 cm³/mol. The van der Waals surface area contributed by atoms with E-state index >= 15 is 0 Å². The van der Waals surface area contributed by atoms with Crippen molar-refractivity contribution >= 4 is 0 Å². The Morgan fingerprint density at radius 2 is 1.92 bits per heavy atom. The molecule has 0 radical (unpaired) electrons. The van der Waals surface area contributed by atoms with Crippen molar-refractivity contribution in [3.63, 3.8) is 0 Å². The molecule has 0 saturated heterocycles. The van der Waals surface area contributed by atoms with Crippen LogP contribution in [-0.4, -0.2) is 0 Å². The summed E-state index contributed by atoms with van der Waals surface area (Å²) in [6, 6.07) is 11.7. The van der Waals surface area contributed by atoms with Crippen LogP contribution < -0.4 is 0 Å². The second-order valence-corrected chi connectivity index (χ2v) is 2.21. The number of nitrogens with zero attached hydrogens (tertiary/aromatic N) is 1. The molecule has 0 unspecified atom stereocenters. The van der Waals surface area contributed by atoms with E-state index < -0.39 is 0 Å². The quantitative estimate of drug-likeness (QED) is 0.533. The van der Waals surface area contributed by atoms with Crippen LogP contribution in [0, 0.1) is 24.2 Å². The molecule has 0 amide bonds. The molecule has 12 heavy (non-hydrogen) atoms. The maximum absolute atomic E-state index is 8.65. The molecule has 0 atom stereocenters. The van der Waals surface area contributed by atoms with Gasteiger partial charge in [-0.3, -0.25) is 0 Å². The fourth-order valence-corrected chi connectivity index (χ4v) is 0.904. The summed E-state index contributed by atoms with van der Waals surface area (Å²) in [6.07, 6.45) is 0.556. The summed E-state index contributed by atoms with van der Waals surface area (Å²) < 4.78 is 0. The molecule has 0 spiro atoms. The van der Waals surface area contributed by atoms with E-state index in [0.29, 0.717) is 6.42 Å². The van der Waals surface area contributed by atoms with Gasteiger partial charge in [0.15, 0.2) is 0 Å². The molecule has 1 aromatic rings. The number of rotatable bonds is 2. The number of benzene rings is 1. The average molecular weight is 202 g/mol. The monoisotopic (exact) mass is 201 g/mol. The first kappa shape index (κ1) is 11.1. The number of hydrogen-bond acceptors (Lipinski definition) is 1. The number of nitriles is 1. The van der Waals surface area contributed by atoms with Gasteiger partial charge in [-0.25, -0.2) is 5.26 Å². The van der Waals surface area contributed by atoms with Crippen LogP contribution in [0.15, 0.2) is 30.3 Å². The van der Waals surface area contributed by atoms with Gasteiger partial charge >= 0.3 is 16.5 Å². The molecule has 0 aliphatic rings. The molecule has 0 bridgehead atoms. The molecule has 64 valence electrons. The minimum absolute atomic E-state index is 0. The van der Waals surface area contributed by atoms with Crippen molar-refractivity contribution < 1.29 is 16.5 Å². The topological polar surface area (TPSA) is 23.8 Å². The summed E-state index contributed by atoms with van der Waals surface area (Å²) in [5.74, 6) is 0.741. The van der Waals surface area contributed by atoms with Gasteiger partial charge in [0, 0.05) is 6.07 Å². The second-order valence-electron chi connectivity index (χ2n) is 2.21. The molecule has 0 heterocycles. The van der Waals surface area contributed by atoms with Gasteiger partial charge in [0.1, 0.15) is 0 Å². The van der Waals surface area contributed by atoms with Gasteiger partial charge in [0.25, 0.3) is 0 Å². The van der Waals surface area contributed by atoms with E-state index in [1.807, 2.05) is 30.3 Å². The summed E-state index contributed by atoms with van der Waals surface area (Å²) in [5.41, 5.74) is 0.977. The molecule has 2 heteroatoms. The fourth-order valence-electron chi connectivity index (χ4n) is 0.904. The molecular weight excluding hydrogens is 193 g/mol. The van der Waals surface area contributed by atoms with Crippen molar-refractivity contribution in [2.24, 2.45) is 0 Å². The molecule has 0 aromatic heterocycles. The largest absolute Gasteiger partial charge is 2.00 e. The summed E-state index contributed by atoms with van der Waals surface area (Å²) >= 11 is 0. The van der Waals surface area contributed by atoms with Crippen LogP contribution in [0.3, 0.4) is 0 Å². The van der Waals surface area contributed by atoms with E-state index in [1.165, 1.54) is 0 Å². The minimum atomic E-state index is 0. The Morgan fingerprint density at radius 3 is 2.33 bits per heavy atom. The van der Waals surface area contributed by atoms with Gasteiger partial charge in [-0.2, -0.15) is 24.1 Å². The van der Waals surface area contributed by atoms with Crippen LogP contribution in [0.25, 0.3) is 0 Å². The smallest absolute Gasteiger partial charge is 0.350 e. The van der Waals surface area contributed by atoms with Crippen molar-refractivity contribution in [1.29, 1.82) is 5.26 Å². The Bertz CT molecular complexity index is 250. The molecular formula is C10H9NNi. The van der Waals surface area contributed by atoms with Gasteiger partial charge in [-0.15, -0.1) is 18.1 Å². The van der Waals surface area contributed by atoms with Crippen LogP contribution in [0.5, 0.6) is 0 Å². The van der Waals surface area contributed by atoms with Crippen molar-refractivity contribution in [2.75, 3.05) is 0 Å². The van der Waals surface area contributed by atoms with E-state index in [4.69, 9.17) is 5.26 Å². The Balaban J connectivity index is 0.00000121. The van der Waals surface area contributed by atoms with Gasteiger partial charge < -0.3 is 6.92 Å². The Morgan fingerprint density at radius 1 is 1.33 bits per heavy atom. The molecule has 1 rings (SSSR count). The first-order valence-corrected chi connectivity index (χ1v) is 3.49. The Labute approximate surface area is 83.3 Å². The van der Waals surface area contributed by atoms with E-state index in [9.17, 15) is 0 Å². The van der Waals surface area contributed by atoms with Crippen LogP contribution in [0.1, 0.15) is 12.0 Å². The zero-order valence-corrected chi connectivity index (χ0v) is 7.55. The van der Waals surface area contributed by atoms with Crippen LogP contribution >= 0.6 is 0 Å². The van der Waals surface area contributed by atoms with Gasteiger partial charge in [-0.05, 0) is 0 Å². The first-order valence-electron chi connectivity index (χ1n) is 3.49. The SMILES string of the molecule is [CH2-]C[C-](C#N)c1ccccc1.[Ni+2]. The molecule has 0 fully saturated rings. The summed E-state index contributed by atoms with van der Waals surface area (Å²) in [7, 11) is 0. The van der Waals surface area contributed by atoms with Crippen LogP contribution in [-0.2, 0) is 16.5 Å². The van der Waals surface area contributed by atoms with Crippen LogP contribution in [0.4, 0.5) is 0 Å². The second kappa shape index (κ2) is 5.69. The van der Waals surface area contributed by atoms with E-state index in [-0.39, 0.29) is 16.5 Å². The molecule has 0 N–H and O–H groups in total. The number of hydrogen-bond donors (Lipinski definition) is 0. The first-order chi connectivity index (χ1) is 5.38. The van der Waals surface area contributed by atoms with Crippen molar-refractivity contribution in [2.45, 2.75) is 6.42 Å². The zero-order chi connectivity index (χ0) is 8.10. The molecule has 1 nitrogen and oxygen atoms in total. The average Bonchev–Trinajstić information content (AvgIpc) is 2.09. The van der Waals surface area contributed by atoms with E-state index in [1.54, 1.807) is 0 Å². The Hall–Kier alpha value is -0.926. The predicted octanol–water partition coefficient (Wildman–Crippen LogP) is 2.35. The molecule has 0 aliphatic heterocycles. The summed E-state index contributed by atoms with van der Waals surface area (Å²) in [6.45, 7) is 3.67. The normalized spacial score (nSPS) is 8.00. The maximum Gasteiger partial charge on any atom is 2.00 e. The fraction of sp³-hybridized carbons (Fsp3) is 0.100. The van der Waals surface area contributed by atoms with E-state index in [0.717, 1.165) is 11.5 Å². The van der Waals surface area contributed by atoms with Crippen molar-refractivity contribution in [3.8, 4) is 6.07 Å². The third kappa shape index (κ3) is 2.60. The summed E-state index contributed by atoms with van der Waals surface area (Å²) in [5, 5.41) is 8.65. The molecule has 0 aliphatic carbocycles. The summed E-state index contributed by atoms with van der Waals surface area (Å²) in [4.78, 5) is 0. The zero-order valence-electron chi connectivity index (χ0n) is 6.56. The van der Waals surface area contributed by atoms with Gasteiger partial charge in [0.05, 0.1) is 0 Å². The van der Waals surface area contributed by atoms with Gasteiger partial charge in [0.2, 0.25) is 0 Å². The molecule has 1 aromatic carbocycles. The van der Waals surface area contributed by atoms with E-state index in [2.05, 4.69) is 13.0 Å². The third-order valence-electron chi connectivity index (χ3n) is 1.51. The molecule has 0 saturated carbocycles. The van der Waals surface area contributed by atoms with Crippen LogP contribution in [0.2, 0.25) is 0 Å².